The Bertz CT molecular complexity index is 892. The number of fused-ring (bicyclic) bond motifs is 1. The summed E-state index contributed by atoms with van der Waals surface area (Å²) >= 11 is 0. The van der Waals surface area contributed by atoms with Crippen molar-refractivity contribution in [1.29, 1.82) is 0 Å². The molecule has 0 fully saturated rings. The first-order chi connectivity index (χ1) is 13.8. The predicted octanol–water partition coefficient (Wildman–Crippen LogP) is 1.38. The quantitative estimate of drug-likeness (QED) is 0.496. The molecule has 9 heteroatoms. The second-order valence-electron chi connectivity index (χ2n) is 6.76. The minimum Gasteiger partial charge on any atom is -0.454 e. The number of benzene rings is 1. The Kier molecular flexibility index (Phi) is 7.76. The van der Waals surface area contributed by atoms with Crippen LogP contribution in [-0.4, -0.2) is 47.5 Å². The summed E-state index contributed by atoms with van der Waals surface area (Å²) in [6.07, 6.45) is 2.67. The summed E-state index contributed by atoms with van der Waals surface area (Å²) in [6.45, 7) is 4.36. The molecule has 1 aromatic heterocycles. The van der Waals surface area contributed by atoms with Gasteiger partial charge in [-0.05, 0) is 25.0 Å². The van der Waals surface area contributed by atoms with Crippen molar-refractivity contribution in [2.75, 3.05) is 6.61 Å². The van der Waals surface area contributed by atoms with Gasteiger partial charge in [0, 0.05) is 36.5 Å². The Morgan fingerprint density at radius 2 is 1.86 bits per heavy atom. The van der Waals surface area contributed by atoms with Crippen molar-refractivity contribution in [2.24, 2.45) is 0 Å². The van der Waals surface area contributed by atoms with Crippen LogP contribution in [0.4, 0.5) is 4.79 Å². The van der Waals surface area contributed by atoms with Crippen LogP contribution in [0, 0.1) is 0 Å². The Hall–Kier alpha value is -3.36. The number of hydrogen-bond donors (Lipinski definition) is 4. The molecule has 0 saturated heterocycles. The first kappa shape index (κ1) is 21.9. The van der Waals surface area contributed by atoms with E-state index in [-0.39, 0.29) is 12.5 Å². The van der Waals surface area contributed by atoms with Crippen LogP contribution in [0.2, 0.25) is 0 Å². The first-order valence-electron chi connectivity index (χ1n) is 9.39. The SMILES string of the molecule is CC[C@H](C)NC(=O)NC(=O)COC(=O)[C@H](Cc1c[nH]c2ccccc12)NC(C)=O. The van der Waals surface area contributed by atoms with Crippen molar-refractivity contribution in [1.82, 2.24) is 20.9 Å². The zero-order chi connectivity index (χ0) is 21.4. The van der Waals surface area contributed by atoms with Gasteiger partial charge in [-0.15, -0.1) is 0 Å². The zero-order valence-corrected chi connectivity index (χ0v) is 16.7. The first-order valence-corrected chi connectivity index (χ1v) is 9.39. The van der Waals surface area contributed by atoms with Crippen LogP contribution < -0.4 is 16.0 Å². The number of amides is 4. The maximum atomic E-state index is 12.4. The summed E-state index contributed by atoms with van der Waals surface area (Å²) < 4.78 is 5.00. The van der Waals surface area contributed by atoms with E-state index in [9.17, 15) is 19.2 Å². The molecule has 1 aromatic carbocycles. The highest BCUT2D eigenvalue weighted by Gasteiger charge is 2.24. The van der Waals surface area contributed by atoms with E-state index >= 15 is 0 Å². The van der Waals surface area contributed by atoms with Gasteiger partial charge in [0.05, 0.1) is 0 Å². The van der Waals surface area contributed by atoms with Crippen molar-refractivity contribution in [3.05, 3.63) is 36.0 Å². The molecule has 0 spiro atoms. The van der Waals surface area contributed by atoms with Crippen molar-refractivity contribution in [2.45, 2.75) is 45.7 Å². The van der Waals surface area contributed by atoms with Crippen LogP contribution in [0.25, 0.3) is 10.9 Å². The molecule has 4 amide bonds. The lowest BCUT2D eigenvalue weighted by molar-refractivity contribution is -0.151. The Labute approximate surface area is 168 Å². The molecule has 29 heavy (non-hydrogen) atoms. The lowest BCUT2D eigenvalue weighted by Crippen LogP contribution is -2.46. The minimum atomic E-state index is -0.964. The van der Waals surface area contributed by atoms with Gasteiger partial charge in [-0.3, -0.25) is 14.9 Å². The van der Waals surface area contributed by atoms with E-state index in [4.69, 9.17) is 4.74 Å². The molecule has 9 nitrogen and oxygen atoms in total. The fourth-order valence-corrected chi connectivity index (χ4v) is 2.72. The minimum absolute atomic E-state index is 0.0920. The highest BCUT2D eigenvalue weighted by molar-refractivity contribution is 5.96. The Morgan fingerprint density at radius 1 is 1.14 bits per heavy atom. The molecule has 0 radical (unpaired) electrons. The summed E-state index contributed by atoms with van der Waals surface area (Å²) in [5.41, 5.74) is 1.73. The molecule has 2 atom stereocenters. The largest absolute Gasteiger partial charge is 0.454 e. The summed E-state index contributed by atoms with van der Waals surface area (Å²) in [5, 5.41) is 8.13. The fourth-order valence-electron chi connectivity index (χ4n) is 2.72. The van der Waals surface area contributed by atoms with Gasteiger partial charge in [-0.2, -0.15) is 0 Å². The van der Waals surface area contributed by atoms with E-state index < -0.39 is 36.5 Å². The summed E-state index contributed by atoms with van der Waals surface area (Å²) in [5.74, 6) is -1.92. The van der Waals surface area contributed by atoms with Gasteiger partial charge in [0.1, 0.15) is 6.04 Å². The molecule has 0 aliphatic carbocycles. The van der Waals surface area contributed by atoms with Crippen LogP contribution in [-0.2, 0) is 25.5 Å². The Morgan fingerprint density at radius 3 is 2.55 bits per heavy atom. The zero-order valence-electron chi connectivity index (χ0n) is 16.7. The number of hydrogen-bond acceptors (Lipinski definition) is 5. The number of imide groups is 1. The topological polar surface area (TPSA) is 129 Å². The molecule has 0 bridgehead atoms. The number of ether oxygens (including phenoxy) is 1. The van der Waals surface area contributed by atoms with Gasteiger partial charge >= 0.3 is 12.0 Å². The van der Waals surface area contributed by atoms with Crippen LogP contribution in [0.15, 0.2) is 30.5 Å². The third kappa shape index (κ3) is 6.63. The molecule has 2 aromatic rings. The molecule has 4 N–H and O–H groups in total. The highest BCUT2D eigenvalue weighted by atomic mass is 16.5. The lowest BCUT2D eigenvalue weighted by Gasteiger charge is -2.17. The number of nitrogens with one attached hydrogen (secondary N) is 4. The van der Waals surface area contributed by atoms with E-state index in [1.54, 1.807) is 13.1 Å². The number of carbonyl (C=O) groups excluding carboxylic acids is 4. The van der Waals surface area contributed by atoms with Crippen molar-refractivity contribution in [3.8, 4) is 0 Å². The average Bonchev–Trinajstić information content (AvgIpc) is 3.08. The summed E-state index contributed by atoms with van der Waals surface area (Å²) in [4.78, 5) is 50.5. The van der Waals surface area contributed by atoms with Gasteiger partial charge in [0.2, 0.25) is 5.91 Å². The number of carbonyl (C=O) groups is 4. The van der Waals surface area contributed by atoms with Crippen molar-refractivity contribution < 1.29 is 23.9 Å². The fraction of sp³-hybridized carbons (Fsp3) is 0.400. The second kappa shape index (κ2) is 10.3. The van der Waals surface area contributed by atoms with Crippen LogP contribution in [0.1, 0.15) is 32.8 Å². The van der Waals surface area contributed by atoms with Crippen LogP contribution in [0.5, 0.6) is 0 Å². The molecule has 2 rings (SSSR count). The van der Waals surface area contributed by atoms with Gasteiger partial charge in [-0.1, -0.05) is 25.1 Å². The third-order valence-electron chi connectivity index (χ3n) is 4.35. The lowest BCUT2D eigenvalue weighted by atomic mass is 10.0. The Balaban J connectivity index is 1.95. The van der Waals surface area contributed by atoms with Crippen LogP contribution >= 0.6 is 0 Å². The van der Waals surface area contributed by atoms with Gasteiger partial charge in [0.15, 0.2) is 6.61 Å². The molecule has 0 saturated carbocycles. The molecule has 156 valence electrons. The number of aromatic nitrogens is 1. The van der Waals surface area contributed by atoms with Crippen LogP contribution in [0.3, 0.4) is 0 Å². The van der Waals surface area contributed by atoms with E-state index in [1.165, 1.54) is 6.92 Å². The van der Waals surface area contributed by atoms with Crippen molar-refractivity contribution >= 4 is 34.7 Å². The van der Waals surface area contributed by atoms with E-state index in [0.29, 0.717) is 6.42 Å². The van der Waals surface area contributed by atoms with Gasteiger partial charge in [-0.25, -0.2) is 9.59 Å². The normalized spacial score (nSPS) is 12.7. The number of urea groups is 1. The highest BCUT2D eigenvalue weighted by Crippen LogP contribution is 2.19. The number of aromatic amines is 1. The molecule has 0 unspecified atom stereocenters. The number of H-pyrrole nitrogens is 1. The number of esters is 1. The van der Waals surface area contributed by atoms with E-state index in [1.807, 2.05) is 31.2 Å². The van der Waals surface area contributed by atoms with E-state index in [2.05, 4.69) is 20.9 Å². The maximum absolute atomic E-state index is 12.4. The third-order valence-corrected chi connectivity index (χ3v) is 4.35. The number of rotatable bonds is 8. The van der Waals surface area contributed by atoms with Gasteiger partial charge in [0.25, 0.3) is 5.91 Å². The van der Waals surface area contributed by atoms with E-state index in [0.717, 1.165) is 16.5 Å². The molecular formula is C20H26N4O5. The molecule has 0 aliphatic heterocycles. The maximum Gasteiger partial charge on any atom is 0.329 e. The smallest absolute Gasteiger partial charge is 0.329 e. The predicted molar refractivity (Wildman–Crippen MR) is 107 cm³/mol. The summed E-state index contributed by atoms with van der Waals surface area (Å²) in [7, 11) is 0. The molecule has 0 aliphatic rings. The number of para-hydroxylation sites is 1. The van der Waals surface area contributed by atoms with Crippen molar-refractivity contribution in [3.63, 3.8) is 0 Å². The summed E-state index contributed by atoms with van der Waals surface area (Å²) in [6, 6.07) is 5.86. The average molecular weight is 402 g/mol. The molecular weight excluding hydrogens is 376 g/mol. The monoisotopic (exact) mass is 402 g/mol. The van der Waals surface area contributed by atoms with Gasteiger partial charge < -0.3 is 20.4 Å². The molecule has 1 heterocycles. The standard InChI is InChI=1S/C20H26N4O5/c1-4-12(2)22-20(28)24-18(26)11-29-19(27)17(23-13(3)25)9-14-10-21-16-8-6-5-7-15(14)16/h5-8,10,12,17,21H,4,9,11H2,1-3H3,(H,23,25)(H2,22,24,26,28)/t12-,17-/m0/s1. The second-order valence-corrected chi connectivity index (χ2v) is 6.76.